The van der Waals surface area contributed by atoms with Crippen molar-refractivity contribution in [3.05, 3.63) is 0 Å². The Morgan fingerprint density at radius 3 is 1.60 bits per heavy atom. The molecule has 0 spiro atoms. The smallest absolute Gasteiger partial charge is 0.220 e. The largest absolute Gasteiger partial charge is 0.369 e. The standard InChI is InChI=1S/C6H13NO.2ClH/c1-3-5(4-2)6(7)8;;/h5H,3-4H2,1-2H3,(H2,7,8);2*1H. The zero-order valence-electron chi connectivity index (χ0n) is 6.29. The lowest BCUT2D eigenvalue weighted by Gasteiger charge is -2.04. The molecule has 2 nitrogen and oxygen atoms in total. The van der Waals surface area contributed by atoms with Crippen molar-refractivity contribution in [2.75, 3.05) is 0 Å². The Labute approximate surface area is 74.4 Å². The lowest BCUT2D eigenvalue weighted by atomic mass is 10.0. The predicted octanol–water partition coefficient (Wildman–Crippen LogP) is 1.75. The molecule has 10 heavy (non-hydrogen) atoms. The minimum Gasteiger partial charge on any atom is -0.369 e. The van der Waals surface area contributed by atoms with E-state index in [2.05, 4.69) is 0 Å². The van der Waals surface area contributed by atoms with E-state index >= 15 is 0 Å². The number of hydrogen-bond acceptors (Lipinski definition) is 1. The topological polar surface area (TPSA) is 43.1 Å². The van der Waals surface area contributed by atoms with Crippen molar-refractivity contribution < 1.29 is 4.79 Å². The van der Waals surface area contributed by atoms with Crippen molar-refractivity contribution in [2.45, 2.75) is 26.7 Å². The summed E-state index contributed by atoms with van der Waals surface area (Å²) in [6.45, 7) is 3.94. The molecule has 0 atom stereocenters. The second-order valence-corrected chi connectivity index (χ2v) is 1.92. The Balaban J connectivity index is -0.000000245. The molecular formula is C6H15Cl2NO. The van der Waals surface area contributed by atoms with Crippen LogP contribution in [0.15, 0.2) is 0 Å². The van der Waals surface area contributed by atoms with Gasteiger partial charge in [0.2, 0.25) is 5.91 Å². The Morgan fingerprint density at radius 2 is 1.60 bits per heavy atom. The number of hydrogen-bond donors (Lipinski definition) is 1. The third-order valence-corrected chi connectivity index (χ3v) is 1.39. The van der Waals surface area contributed by atoms with Gasteiger partial charge in [-0.05, 0) is 12.8 Å². The predicted molar refractivity (Wildman–Crippen MR) is 47.8 cm³/mol. The van der Waals surface area contributed by atoms with E-state index in [1.54, 1.807) is 0 Å². The summed E-state index contributed by atoms with van der Waals surface area (Å²) < 4.78 is 0. The molecule has 0 fully saturated rings. The van der Waals surface area contributed by atoms with E-state index in [1.807, 2.05) is 13.8 Å². The van der Waals surface area contributed by atoms with E-state index < -0.39 is 0 Å². The van der Waals surface area contributed by atoms with Crippen LogP contribution in [0.2, 0.25) is 0 Å². The number of halogens is 2. The van der Waals surface area contributed by atoms with Gasteiger partial charge in [0, 0.05) is 5.92 Å². The molecular weight excluding hydrogens is 173 g/mol. The average Bonchev–Trinajstić information content (AvgIpc) is 1.69. The highest BCUT2D eigenvalue weighted by atomic mass is 35.5. The lowest BCUT2D eigenvalue weighted by Crippen LogP contribution is -2.21. The van der Waals surface area contributed by atoms with Gasteiger partial charge < -0.3 is 5.73 Å². The van der Waals surface area contributed by atoms with Crippen molar-refractivity contribution in [1.82, 2.24) is 0 Å². The molecule has 0 aromatic rings. The van der Waals surface area contributed by atoms with Crippen LogP contribution in [0.4, 0.5) is 0 Å². The maximum Gasteiger partial charge on any atom is 0.220 e. The molecule has 0 saturated heterocycles. The summed E-state index contributed by atoms with van der Waals surface area (Å²) in [7, 11) is 0. The zero-order chi connectivity index (χ0) is 6.57. The Morgan fingerprint density at radius 1 is 1.30 bits per heavy atom. The first kappa shape index (κ1) is 16.6. The highest BCUT2D eigenvalue weighted by Gasteiger charge is 2.07. The number of rotatable bonds is 3. The van der Waals surface area contributed by atoms with Crippen LogP contribution in [-0.2, 0) is 4.79 Å². The molecule has 1 amide bonds. The minimum absolute atomic E-state index is 0. The third kappa shape index (κ3) is 6.17. The molecule has 0 aliphatic heterocycles. The monoisotopic (exact) mass is 187 g/mol. The van der Waals surface area contributed by atoms with Crippen molar-refractivity contribution in [2.24, 2.45) is 11.7 Å². The molecule has 0 heterocycles. The van der Waals surface area contributed by atoms with Gasteiger partial charge in [0.15, 0.2) is 0 Å². The normalized spacial score (nSPS) is 7.90. The summed E-state index contributed by atoms with van der Waals surface area (Å²) in [6.07, 6.45) is 1.73. The summed E-state index contributed by atoms with van der Waals surface area (Å²) in [5.74, 6) is -0.0787. The van der Waals surface area contributed by atoms with Crippen LogP contribution in [0, 0.1) is 5.92 Å². The second kappa shape index (κ2) is 9.05. The molecule has 0 aromatic carbocycles. The molecule has 0 aromatic heterocycles. The van der Waals surface area contributed by atoms with Crippen LogP contribution in [0.1, 0.15) is 26.7 Å². The van der Waals surface area contributed by atoms with Crippen molar-refractivity contribution in [3.63, 3.8) is 0 Å². The lowest BCUT2D eigenvalue weighted by molar-refractivity contribution is -0.121. The highest BCUT2D eigenvalue weighted by Crippen LogP contribution is 2.04. The fraction of sp³-hybridized carbons (Fsp3) is 0.833. The van der Waals surface area contributed by atoms with Gasteiger partial charge in [0.05, 0.1) is 0 Å². The van der Waals surface area contributed by atoms with E-state index in [0.717, 1.165) is 12.8 Å². The molecule has 0 aliphatic rings. The SMILES string of the molecule is CCC(CC)C(N)=O.Cl.Cl. The van der Waals surface area contributed by atoms with Crippen LogP contribution in [0.3, 0.4) is 0 Å². The minimum atomic E-state index is -0.171. The number of amides is 1. The summed E-state index contributed by atoms with van der Waals surface area (Å²) in [4.78, 5) is 10.4. The number of carbonyl (C=O) groups is 1. The first-order valence-electron chi connectivity index (χ1n) is 3.01. The van der Waals surface area contributed by atoms with Gasteiger partial charge in [-0.15, -0.1) is 24.8 Å². The van der Waals surface area contributed by atoms with E-state index in [4.69, 9.17) is 5.73 Å². The van der Waals surface area contributed by atoms with E-state index in [0.29, 0.717) is 0 Å². The van der Waals surface area contributed by atoms with Gasteiger partial charge in [-0.25, -0.2) is 0 Å². The Bertz CT molecular complexity index is 83.8. The van der Waals surface area contributed by atoms with Crippen molar-refractivity contribution >= 4 is 30.7 Å². The molecule has 0 saturated carbocycles. The molecule has 0 radical (unpaired) electrons. The van der Waals surface area contributed by atoms with Crippen LogP contribution >= 0.6 is 24.8 Å². The first-order chi connectivity index (χ1) is 3.72. The van der Waals surface area contributed by atoms with E-state index in [-0.39, 0.29) is 36.6 Å². The van der Waals surface area contributed by atoms with Crippen molar-refractivity contribution in [3.8, 4) is 0 Å². The second-order valence-electron chi connectivity index (χ2n) is 1.92. The molecule has 0 bridgehead atoms. The average molecular weight is 188 g/mol. The summed E-state index contributed by atoms with van der Waals surface area (Å²) in [6, 6.07) is 0. The number of primary amides is 1. The number of carbonyl (C=O) groups excluding carboxylic acids is 1. The zero-order valence-corrected chi connectivity index (χ0v) is 7.93. The van der Waals surface area contributed by atoms with Crippen LogP contribution in [-0.4, -0.2) is 5.91 Å². The van der Waals surface area contributed by atoms with Gasteiger partial charge in [-0.3, -0.25) is 4.79 Å². The van der Waals surface area contributed by atoms with Gasteiger partial charge >= 0.3 is 0 Å². The van der Waals surface area contributed by atoms with E-state index in [9.17, 15) is 4.79 Å². The van der Waals surface area contributed by atoms with Crippen LogP contribution in [0.25, 0.3) is 0 Å². The summed E-state index contributed by atoms with van der Waals surface area (Å²) in [5, 5.41) is 0. The Hall–Kier alpha value is 0.0500. The van der Waals surface area contributed by atoms with Gasteiger partial charge in [0.25, 0.3) is 0 Å². The highest BCUT2D eigenvalue weighted by molar-refractivity contribution is 5.85. The fourth-order valence-corrected chi connectivity index (χ4v) is 0.691. The molecule has 0 aliphatic carbocycles. The third-order valence-electron chi connectivity index (χ3n) is 1.39. The van der Waals surface area contributed by atoms with Crippen molar-refractivity contribution in [1.29, 1.82) is 0 Å². The van der Waals surface area contributed by atoms with Gasteiger partial charge in [-0.2, -0.15) is 0 Å². The maximum absolute atomic E-state index is 10.4. The van der Waals surface area contributed by atoms with E-state index in [1.165, 1.54) is 0 Å². The molecule has 64 valence electrons. The fourth-order valence-electron chi connectivity index (χ4n) is 0.691. The maximum atomic E-state index is 10.4. The molecule has 0 unspecified atom stereocenters. The Kier molecular flexibility index (Phi) is 15.0. The van der Waals surface area contributed by atoms with Crippen LogP contribution < -0.4 is 5.73 Å². The molecule has 2 N–H and O–H groups in total. The quantitative estimate of drug-likeness (QED) is 0.720. The number of nitrogens with two attached hydrogens (primary N) is 1. The summed E-state index contributed by atoms with van der Waals surface area (Å²) >= 11 is 0. The molecule has 4 heteroatoms. The van der Waals surface area contributed by atoms with Gasteiger partial charge in [0.1, 0.15) is 0 Å². The van der Waals surface area contributed by atoms with Gasteiger partial charge in [-0.1, -0.05) is 13.8 Å². The molecule has 0 rings (SSSR count). The first-order valence-corrected chi connectivity index (χ1v) is 3.01. The van der Waals surface area contributed by atoms with Crippen LogP contribution in [0.5, 0.6) is 0 Å². The summed E-state index contributed by atoms with van der Waals surface area (Å²) in [5.41, 5.74) is 5.02.